The van der Waals surface area contributed by atoms with Crippen molar-refractivity contribution in [1.29, 1.82) is 5.41 Å². The maximum Gasteiger partial charge on any atom is 0.260 e. The number of hydrogen-bond donors (Lipinski definition) is 2. The van der Waals surface area contributed by atoms with Gasteiger partial charge in [-0.3, -0.25) is 15.1 Å². The van der Waals surface area contributed by atoms with E-state index in [0.29, 0.717) is 11.1 Å². The van der Waals surface area contributed by atoms with E-state index in [2.05, 4.69) is 10.0 Å². The van der Waals surface area contributed by atoms with Gasteiger partial charge >= 0.3 is 0 Å². The number of hydrogen-bond acceptors (Lipinski definition) is 4. The van der Waals surface area contributed by atoms with Crippen molar-refractivity contribution in [2.45, 2.75) is 6.10 Å². The van der Waals surface area contributed by atoms with Crippen LogP contribution in [0.2, 0.25) is 0 Å². The van der Waals surface area contributed by atoms with Gasteiger partial charge in [0.05, 0.1) is 24.8 Å². The Kier molecular flexibility index (Phi) is 3.27. The van der Waals surface area contributed by atoms with Gasteiger partial charge in [0.25, 0.3) is 5.91 Å². The van der Waals surface area contributed by atoms with Gasteiger partial charge in [0.2, 0.25) is 0 Å². The number of fused-ring (bicyclic) bond motifs is 1. The number of β-amino-alcohol motifs (C(OH)–C–C–N with tert-alkyl or cyclic N) is 1. The monoisotopic (exact) mass is 245 g/mol. The highest BCUT2D eigenvalue weighted by Crippen LogP contribution is 2.22. The third-order valence-electron chi connectivity index (χ3n) is 2.68. The highest BCUT2D eigenvalue weighted by molar-refractivity contribution is 6.22. The molecule has 2 rings (SSSR count). The molecule has 1 atom stereocenters. The molecule has 0 aliphatic carbocycles. The van der Waals surface area contributed by atoms with E-state index in [-0.39, 0.29) is 24.8 Å². The van der Waals surface area contributed by atoms with Crippen LogP contribution < -0.4 is 0 Å². The van der Waals surface area contributed by atoms with Crippen LogP contribution >= 0.6 is 0 Å². The number of nitrogens with one attached hydrogen (secondary N) is 1. The second-order valence-electron chi connectivity index (χ2n) is 3.88. The SMILES string of the molecule is [N-]=[N+]=NCC(O)CN1C(=N)c2ccccc2C1=O. The Bertz CT molecular complexity index is 515. The average Bonchev–Trinajstić information content (AvgIpc) is 2.62. The number of carbonyl (C=O) groups is 1. The van der Waals surface area contributed by atoms with Gasteiger partial charge in [0, 0.05) is 10.5 Å². The lowest BCUT2D eigenvalue weighted by atomic mass is 10.1. The summed E-state index contributed by atoms with van der Waals surface area (Å²) in [5.74, 6) is -0.244. The molecular formula is C11H11N5O2. The minimum Gasteiger partial charge on any atom is -0.391 e. The van der Waals surface area contributed by atoms with E-state index in [1.165, 1.54) is 4.90 Å². The van der Waals surface area contributed by atoms with Crippen LogP contribution in [0.4, 0.5) is 0 Å². The Morgan fingerprint density at radius 2 is 2.11 bits per heavy atom. The van der Waals surface area contributed by atoms with Crippen LogP contribution in [-0.2, 0) is 0 Å². The second kappa shape index (κ2) is 4.87. The number of azide groups is 1. The fourth-order valence-electron chi connectivity index (χ4n) is 1.84. The fourth-order valence-corrected chi connectivity index (χ4v) is 1.84. The zero-order valence-electron chi connectivity index (χ0n) is 9.45. The normalized spacial score (nSPS) is 15.3. The number of amides is 1. The molecule has 0 radical (unpaired) electrons. The average molecular weight is 245 g/mol. The van der Waals surface area contributed by atoms with Crippen LogP contribution in [0.3, 0.4) is 0 Å². The first-order valence-electron chi connectivity index (χ1n) is 5.34. The smallest absolute Gasteiger partial charge is 0.260 e. The third-order valence-corrected chi connectivity index (χ3v) is 2.68. The third kappa shape index (κ3) is 2.04. The second-order valence-corrected chi connectivity index (χ2v) is 3.88. The van der Waals surface area contributed by atoms with Gasteiger partial charge in [0.1, 0.15) is 5.84 Å². The number of nitrogens with zero attached hydrogens (tertiary/aromatic N) is 4. The van der Waals surface area contributed by atoms with Gasteiger partial charge in [-0.1, -0.05) is 23.3 Å². The van der Waals surface area contributed by atoms with Crippen molar-refractivity contribution in [2.75, 3.05) is 13.1 Å². The molecular weight excluding hydrogens is 234 g/mol. The number of amidine groups is 1. The summed E-state index contributed by atoms with van der Waals surface area (Å²) < 4.78 is 0. The molecule has 1 aliphatic rings. The molecule has 1 unspecified atom stereocenters. The summed E-state index contributed by atoms with van der Waals surface area (Å²) in [6, 6.07) is 6.81. The van der Waals surface area contributed by atoms with Crippen LogP contribution in [0.15, 0.2) is 29.4 Å². The van der Waals surface area contributed by atoms with Crippen LogP contribution in [-0.4, -0.2) is 40.9 Å². The number of aliphatic hydroxyl groups excluding tert-OH is 1. The molecule has 0 fully saturated rings. The van der Waals surface area contributed by atoms with Crippen LogP contribution in [0.5, 0.6) is 0 Å². The Hall–Kier alpha value is -2.37. The van der Waals surface area contributed by atoms with Gasteiger partial charge in [-0.05, 0) is 11.6 Å². The first-order chi connectivity index (χ1) is 8.65. The topological polar surface area (TPSA) is 113 Å². The first-order valence-corrected chi connectivity index (χ1v) is 5.34. The molecule has 7 nitrogen and oxygen atoms in total. The largest absolute Gasteiger partial charge is 0.391 e. The molecule has 1 heterocycles. The standard InChI is InChI=1S/C11H11N5O2/c12-10-8-3-1-2-4-9(8)11(18)16(10)6-7(17)5-14-15-13/h1-4,7,12,17H,5-6H2. The lowest BCUT2D eigenvalue weighted by molar-refractivity contribution is 0.0783. The van der Waals surface area contributed by atoms with Crippen molar-refractivity contribution in [2.24, 2.45) is 5.11 Å². The summed E-state index contributed by atoms with van der Waals surface area (Å²) in [4.78, 5) is 15.7. The highest BCUT2D eigenvalue weighted by Gasteiger charge is 2.33. The number of benzene rings is 1. The van der Waals surface area contributed by atoms with Gasteiger partial charge in [-0.25, -0.2) is 0 Å². The van der Waals surface area contributed by atoms with E-state index in [0.717, 1.165) is 0 Å². The molecule has 1 aromatic carbocycles. The maximum absolute atomic E-state index is 12.0. The Balaban J connectivity index is 2.16. The van der Waals surface area contributed by atoms with E-state index in [9.17, 15) is 9.90 Å². The van der Waals surface area contributed by atoms with Crippen molar-refractivity contribution >= 4 is 11.7 Å². The minimum absolute atomic E-state index is 0.0502. The quantitative estimate of drug-likeness (QED) is 0.470. The van der Waals surface area contributed by atoms with Gasteiger partial charge in [-0.15, -0.1) is 0 Å². The summed E-state index contributed by atoms with van der Waals surface area (Å²) in [7, 11) is 0. The van der Waals surface area contributed by atoms with Crippen LogP contribution in [0.25, 0.3) is 10.4 Å². The van der Waals surface area contributed by atoms with Crippen LogP contribution in [0, 0.1) is 5.41 Å². The Morgan fingerprint density at radius 1 is 1.44 bits per heavy atom. The summed E-state index contributed by atoms with van der Waals surface area (Å²) >= 11 is 0. The van der Waals surface area contributed by atoms with Crippen molar-refractivity contribution in [3.05, 3.63) is 45.8 Å². The lowest BCUT2D eigenvalue weighted by Crippen LogP contribution is -2.37. The molecule has 1 aliphatic heterocycles. The van der Waals surface area contributed by atoms with Crippen molar-refractivity contribution in [3.8, 4) is 0 Å². The number of carbonyl (C=O) groups excluding carboxylic acids is 1. The van der Waals surface area contributed by atoms with Gasteiger partial charge in [0.15, 0.2) is 0 Å². The van der Waals surface area contributed by atoms with E-state index in [1.54, 1.807) is 24.3 Å². The Morgan fingerprint density at radius 3 is 2.72 bits per heavy atom. The van der Waals surface area contributed by atoms with Crippen LogP contribution in [0.1, 0.15) is 15.9 Å². The van der Waals surface area contributed by atoms with E-state index in [4.69, 9.17) is 10.9 Å². The molecule has 0 saturated heterocycles. The molecule has 0 aromatic heterocycles. The predicted octanol–water partition coefficient (Wildman–Crippen LogP) is 1.14. The molecule has 0 saturated carbocycles. The zero-order valence-corrected chi connectivity index (χ0v) is 9.45. The molecule has 2 N–H and O–H groups in total. The molecule has 7 heteroatoms. The van der Waals surface area contributed by atoms with E-state index in [1.807, 2.05) is 0 Å². The zero-order chi connectivity index (χ0) is 13.1. The minimum atomic E-state index is -0.973. The van der Waals surface area contributed by atoms with Gasteiger partial charge < -0.3 is 5.11 Å². The van der Waals surface area contributed by atoms with Crippen molar-refractivity contribution in [3.63, 3.8) is 0 Å². The maximum atomic E-state index is 12.0. The van der Waals surface area contributed by atoms with E-state index >= 15 is 0 Å². The number of rotatable bonds is 4. The fraction of sp³-hybridized carbons (Fsp3) is 0.273. The summed E-state index contributed by atoms with van der Waals surface area (Å²) in [5.41, 5.74) is 9.16. The van der Waals surface area contributed by atoms with Crippen molar-refractivity contribution in [1.82, 2.24) is 4.90 Å². The summed E-state index contributed by atoms with van der Waals surface area (Å²) in [5, 5.41) is 20.7. The predicted molar refractivity (Wildman–Crippen MR) is 64.3 cm³/mol. The number of aliphatic hydroxyl groups is 1. The van der Waals surface area contributed by atoms with E-state index < -0.39 is 6.10 Å². The van der Waals surface area contributed by atoms with Crippen molar-refractivity contribution < 1.29 is 9.90 Å². The van der Waals surface area contributed by atoms with Gasteiger partial charge in [-0.2, -0.15) is 0 Å². The summed E-state index contributed by atoms with van der Waals surface area (Å²) in [6.07, 6.45) is -0.973. The highest BCUT2D eigenvalue weighted by atomic mass is 16.3. The molecule has 0 spiro atoms. The lowest BCUT2D eigenvalue weighted by Gasteiger charge is -2.18. The first kappa shape index (κ1) is 12.1. The molecule has 1 aromatic rings. The molecule has 1 amide bonds. The molecule has 92 valence electrons. The summed E-state index contributed by atoms with van der Waals surface area (Å²) in [6.45, 7) is -0.171. The Labute approximate surface area is 103 Å². The molecule has 0 bridgehead atoms. The molecule has 18 heavy (non-hydrogen) atoms.